The number of alkyl halides is 1. The second kappa shape index (κ2) is 3.98. The molecule has 2 heterocycles. The predicted molar refractivity (Wildman–Crippen MR) is 53.0 cm³/mol. The van der Waals surface area contributed by atoms with E-state index < -0.39 is 41.0 Å². The summed E-state index contributed by atoms with van der Waals surface area (Å²) in [7, 11) is 0. The molecular weight excluding hydrogens is 270 g/mol. The highest BCUT2D eigenvalue weighted by atomic mass is 19.1. The number of carbonyl (C=O) groups excluding carboxylic acids is 2. The molecule has 11 heteroatoms. The Labute approximate surface area is 101 Å². The maximum atomic E-state index is 14.4. The first-order valence-corrected chi connectivity index (χ1v) is 4.77. The first-order chi connectivity index (χ1) is 8.76. The lowest BCUT2D eigenvalue weighted by molar-refractivity contribution is -0.158. The monoisotopic (exact) mass is 276 g/mol. The van der Waals surface area contributed by atoms with Gasteiger partial charge >= 0.3 is 17.5 Å². The third-order valence-electron chi connectivity index (χ3n) is 2.42. The Kier molecular flexibility index (Phi) is 2.70. The van der Waals surface area contributed by atoms with Crippen LogP contribution in [0.3, 0.4) is 0 Å². The zero-order chi connectivity index (χ0) is 14.4. The molecule has 1 aliphatic heterocycles. The molecular formula is C8H6F2N4O5. The first kappa shape index (κ1) is 12.9. The van der Waals surface area contributed by atoms with Crippen LogP contribution in [0.25, 0.3) is 0 Å². The van der Waals surface area contributed by atoms with Crippen molar-refractivity contribution >= 4 is 11.9 Å². The van der Waals surface area contributed by atoms with Crippen molar-refractivity contribution in [3.05, 3.63) is 32.9 Å². The van der Waals surface area contributed by atoms with Gasteiger partial charge in [-0.25, -0.2) is 14.0 Å². The summed E-state index contributed by atoms with van der Waals surface area (Å²) in [5.74, 6) is -6.72. The number of halogens is 2. The van der Waals surface area contributed by atoms with Crippen LogP contribution in [-0.2, 0) is 10.6 Å². The number of urea groups is 1. The van der Waals surface area contributed by atoms with Crippen molar-refractivity contribution < 1.29 is 23.5 Å². The van der Waals surface area contributed by atoms with Gasteiger partial charge < -0.3 is 10.4 Å². The fourth-order valence-electron chi connectivity index (χ4n) is 1.50. The molecule has 0 bridgehead atoms. The van der Waals surface area contributed by atoms with E-state index in [1.807, 2.05) is 0 Å². The Bertz CT molecular complexity index is 682. The largest absolute Gasteiger partial charge is 0.368 e. The lowest BCUT2D eigenvalue weighted by atomic mass is 10.1. The summed E-state index contributed by atoms with van der Waals surface area (Å²) in [4.78, 5) is 45.8. The zero-order valence-electron chi connectivity index (χ0n) is 8.94. The van der Waals surface area contributed by atoms with Gasteiger partial charge in [-0.3, -0.25) is 24.5 Å². The van der Waals surface area contributed by atoms with E-state index in [1.54, 1.807) is 5.32 Å². The van der Waals surface area contributed by atoms with Gasteiger partial charge in [0.05, 0.1) is 6.20 Å². The Morgan fingerprint density at radius 3 is 2.53 bits per heavy atom. The SMILES string of the molecule is O=C1NC(=O)[C@](F)(n2cc(F)c(=O)[nH]c2=O)[C@@H](O)N1. The lowest BCUT2D eigenvalue weighted by Crippen LogP contribution is -2.69. The van der Waals surface area contributed by atoms with E-state index in [0.717, 1.165) is 0 Å². The van der Waals surface area contributed by atoms with Crippen molar-refractivity contribution in [2.75, 3.05) is 0 Å². The van der Waals surface area contributed by atoms with Gasteiger partial charge in [-0.15, -0.1) is 0 Å². The van der Waals surface area contributed by atoms with E-state index in [1.165, 1.54) is 10.3 Å². The summed E-state index contributed by atoms with van der Waals surface area (Å²) in [6.07, 6.45) is -2.32. The standard InChI is InChI=1S/C8H6F2N4O5/c9-2-1-14(7(19)11-3(2)15)8(10)4(16)12-6(18)13-5(8)17/h1,4,16H,(H,11,15,19)(H2,12,13,17,18)/t4-,8-/m1/s1. The molecule has 0 saturated carbocycles. The number of imide groups is 1. The smallest absolute Gasteiger partial charge is 0.331 e. The number of carbonyl (C=O) groups is 2. The molecule has 0 aromatic carbocycles. The number of hydrogen-bond acceptors (Lipinski definition) is 5. The average molecular weight is 276 g/mol. The van der Waals surface area contributed by atoms with Crippen LogP contribution in [0.2, 0.25) is 0 Å². The van der Waals surface area contributed by atoms with Gasteiger partial charge in [-0.2, -0.15) is 4.39 Å². The maximum Gasteiger partial charge on any atom is 0.331 e. The molecule has 0 spiro atoms. The molecule has 1 aliphatic rings. The van der Waals surface area contributed by atoms with E-state index in [9.17, 15) is 33.1 Å². The van der Waals surface area contributed by atoms with Crippen LogP contribution in [0.4, 0.5) is 13.6 Å². The number of H-pyrrole nitrogens is 1. The molecule has 0 aliphatic carbocycles. The molecule has 0 radical (unpaired) electrons. The minimum absolute atomic E-state index is 0.113. The second-order valence-electron chi connectivity index (χ2n) is 3.61. The third-order valence-corrected chi connectivity index (χ3v) is 2.42. The molecule has 3 amide bonds. The summed E-state index contributed by atoms with van der Waals surface area (Å²) in [5, 5.41) is 12.4. The zero-order valence-corrected chi connectivity index (χ0v) is 8.94. The number of aliphatic hydroxyl groups excluding tert-OH is 1. The first-order valence-electron chi connectivity index (χ1n) is 4.77. The maximum absolute atomic E-state index is 14.4. The van der Waals surface area contributed by atoms with E-state index in [0.29, 0.717) is 0 Å². The molecule has 4 N–H and O–H groups in total. The topological polar surface area (TPSA) is 133 Å². The van der Waals surface area contributed by atoms with Gasteiger partial charge in [0.25, 0.3) is 11.5 Å². The summed E-state index contributed by atoms with van der Waals surface area (Å²) < 4.78 is 27.3. The van der Waals surface area contributed by atoms with E-state index in [2.05, 4.69) is 0 Å². The number of aromatic amines is 1. The number of aliphatic hydroxyl groups is 1. The number of nitrogens with zero attached hydrogens (tertiary/aromatic N) is 1. The van der Waals surface area contributed by atoms with Crippen molar-refractivity contribution in [2.24, 2.45) is 0 Å². The van der Waals surface area contributed by atoms with Crippen LogP contribution in [-0.4, -0.2) is 32.8 Å². The molecule has 1 aromatic rings. The normalized spacial score (nSPS) is 26.8. The van der Waals surface area contributed by atoms with Crippen LogP contribution in [0.5, 0.6) is 0 Å². The average Bonchev–Trinajstić information content (AvgIpc) is 2.30. The molecule has 2 rings (SSSR count). The van der Waals surface area contributed by atoms with Gasteiger partial charge in [0.1, 0.15) is 0 Å². The Morgan fingerprint density at radius 2 is 1.95 bits per heavy atom. The minimum atomic E-state index is -3.49. The predicted octanol–water partition coefficient (Wildman–Crippen LogP) is -2.54. The van der Waals surface area contributed by atoms with Crippen molar-refractivity contribution in [1.29, 1.82) is 0 Å². The highest BCUT2D eigenvalue weighted by Gasteiger charge is 2.53. The quantitative estimate of drug-likeness (QED) is 0.448. The summed E-state index contributed by atoms with van der Waals surface area (Å²) in [5.41, 5.74) is -2.89. The number of amides is 3. The van der Waals surface area contributed by atoms with Gasteiger partial charge in [-0.1, -0.05) is 0 Å². The Morgan fingerprint density at radius 1 is 1.32 bits per heavy atom. The van der Waals surface area contributed by atoms with E-state index >= 15 is 0 Å². The second-order valence-corrected chi connectivity index (χ2v) is 3.61. The van der Waals surface area contributed by atoms with Crippen LogP contribution >= 0.6 is 0 Å². The molecule has 1 fully saturated rings. The Hall–Kier alpha value is -2.56. The number of rotatable bonds is 1. The highest BCUT2D eigenvalue weighted by Crippen LogP contribution is 2.23. The van der Waals surface area contributed by atoms with Crippen LogP contribution in [0.1, 0.15) is 0 Å². The van der Waals surface area contributed by atoms with E-state index in [4.69, 9.17) is 0 Å². The van der Waals surface area contributed by atoms with Crippen LogP contribution in [0.15, 0.2) is 15.8 Å². The van der Waals surface area contributed by atoms with E-state index in [-0.39, 0.29) is 10.8 Å². The fraction of sp³-hybridized carbons (Fsp3) is 0.250. The van der Waals surface area contributed by atoms with Crippen molar-refractivity contribution in [2.45, 2.75) is 12.0 Å². The summed E-state index contributed by atoms with van der Waals surface area (Å²) in [6, 6.07) is -1.19. The molecule has 0 unspecified atom stereocenters. The lowest BCUT2D eigenvalue weighted by Gasteiger charge is -2.33. The van der Waals surface area contributed by atoms with Crippen LogP contribution in [0, 0.1) is 5.82 Å². The molecule has 1 saturated heterocycles. The number of nitrogens with one attached hydrogen (secondary N) is 3. The van der Waals surface area contributed by atoms with Gasteiger partial charge in [-0.05, 0) is 0 Å². The highest BCUT2D eigenvalue weighted by molar-refractivity contribution is 6.00. The molecule has 1 aromatic heterocycles. The molecule has 19 heavy (non-hydrogen) atoms. The van der Waals surface area contributed by atoms with Crippen molar-refractivity contribution in [1.82, 2.24) is 20.2 Å². The molecule has 102 valence electrons. The Balaban J connectivity index is 2.65. The molecule has 2 atom stereocenters. The number of hydrogen-bond donors (Lipinski definition) is 4. The summed E-state index contributed by atoms with van der Waals surface area (Å²) >= 11 is 0. The van der Waals surface area contributed by atoms with Crippen LogP contribution < -0.4 is 21.9 Å². The molecule has 9 nitrogen and oxygen atoms in total. The van der Waals surface area contributed by atoms with Gasteiger partial charge in [0.15, 0.2) is 6.23 Å². The third kappa shape index (κ3) is 1.79. The fourth-order valence-corrected chi connectivity index (χ4v) is 1.50. The van der Waals surface area contributed by atoms with Crippen molar-refractivity contribution in [3.63, 3.8) is 0 Å². The number of aromatic nitrogens is 2. The van der Waals surface area contributed by atoms with Crippen molar-refractivity contribution in [3.8, 4) is 0 Å². The van der Waals surface area contributed by atoms with Gasteiger partial charge in [0.2, 0.25) is 5.82 Å². The van der Waals surface area contributed by atoms with Gasteiger partial charge in [0, 0.05) is 0 Å². The minimum Gasteiger partial charge on any atom is -0.368 e. The summed E-state index contributed by atoms with van der Waals surface area (Å²) in [6.45, 7) is 0.